The fourth-order valence-corrected chi connectivity index (χ4v) is 6.86. The Morgan fingerprint density at radius 3 is 2.64 bits per heavy atom. The minimum Gasteiger partial charge on any atom is -0.381 e. The van der Waals surface area contributed by atoms with Crippen LogP contribution in [0.4, 0.5) is 17.5 Å². The number of carbonyl (C=O) groups is 1. The molecule has 1 amide bonds. The number of nitrogens with two attached hydrogens (primary N) is 2. The molecule has 36 heavy (non-hydrogen) atoms. The molecule has 0 saturated carbocycles. The molecule has 1 atom stereocenters. The van der Waals surface area contributed by atoms with Crippen LogP contribution in [0.2, 0.25) is 5.02 Å². The molecule has 1 aromatic carbocycles. The summed E-state index contributed by atoms with van der Waals surface area (Å²) in [6, 6.07) is 10.4. The zero-order valence-corrected chi connectivity index (χ0v) is 21.4. The van der Waals surface area contributed by atoms with Crippen LogP contribution in [0.1, 0.15) is 42.9 Å². The molecule has 6 rings (SSSR count). The molecule has 4 heterocycles. The first-order valence-electron chi connectivity index (χ1n) is 12.3. The number of hydrogen-bond donors (Lipinski definition) is 2. The summed E-state index contributed by atoms with van der Waals surface area (Å²) in [5, 5.41) is 1.01. The molecule has 4 N–H and O–H groups in total. The molecule has 1 spiro atoms. The number of anilines is 3. The summed E-state index contributed by atoms with van der Waals surface area (Å²) in [6.07, 6.45) is 7.81. The van der Waals surface area contributed by atoms with Gasteiger partial charge in [0, 0.05) is 43.2 Å². The zero-order chi connectivity index (χ0) is 24.9. The van der Waals surface area contributed by atoms with Crippen molar-refractivity contribution in [2.24, 2.45) is 11.1 Å². The van der Waals surface area contributed by atoms with E-state index >= 15 is 0 Å². The first kappa shape index (κ1) is 23.5. The lowest BCUT2D eigenvalue weighted by molar-refractivity contribution is -0.117. The number of aromatic nitrogens is 3. The quantitative estimate of drug-likeness (QED) is 0.524. The Morgan fingerprint density at radius 2 is 1.92 bits per heavy atom. The minimum atomic E-state index is 0.0426. The van der Waals surface area contributed by atoms with Crippen molar-refractivity contribution in [1.29, 1.82) is 0 Å². The van der Waals surface area contributed by atoms with Crippen molar-refractivity contribution < 1.29 is 4.79 Å². The van der Waals surface area contributed by atoms with E-state index in [4.69, 9.17) is 23.1 Å². The first-order chi connectivity index (χ1) is 17.4. The van der Waals surface area contributed by atoms with Gasteiger partial charge in [0.2, 0.25) is 5.91 Å². The molecule has 10 heteroatoms. The van der Waals surface area contributed by atoms with Gasteiger partial charge < -0.3 is 16.4 Å². The third-order valence-corrected chi connectivity index (χ3v) is 9.35. The Morgan fingerprint density at radius 1 is 1.11 bits per heavy atom. The van der Waals surface area contributed by atoms with Crippen LogP contribution in [0.15, 0.2) is 52.6 Å². The molecule has 0 unspecified atom stereocenters. The average molecular weight is 522 g/mol. The van der Waals surface area contributed by atoms with E-state index in [0.29, 0.717) is 34.6 Å². The SMILES string of the molecule is Nc1nc(N2CCC3(CC2)Cc2ccccc2[C@H]3N)cnc1Sc1ccnc(N2CCCC2=O)c1Cl. The third kappa shape index (κ3) is 3.99. The number of piperidine rings is 1. The summed E-state index contributed by atoms with van der Waals surface area (Å²) in [7, 11) is 0. The molecule has 0 bridgehead atoms. The molecule has 2 aliphatic heterocycles. The van der Waals surface area contributed by atoms with Crippen LogP contribution in [0.25, 0.3) is 0 Å². The summed E-state index contributed by atoms with van der Waals surface area (Å²) in [5.74, 6) is 1.66. The van der Waals surface area contributed by atoms with E-state index in [1.54, 1.807) is 23.4 Å². The lowest BCUT2D eigenvalue weighted by Crippen LogP contribution is -2.44. The second-order valence-electron chi connectivity index (χ2n) is 9.82. The van der Waals surface area contributed by atoms with Gasteiger partial charge in [-0.05, 0) is 48.3 Å². The highest BCUT2D eigenvalue weighted by Crippen LogP contribution is 2.51. The summed E-state index contributed by atoms with van der Waals surface area (Å²) in [5.41, 5.74) is 15.9. The van der Waals surface area contributed by atoms with Gasteiger partial charge in [0.15, 0.2) is 11.6 Å². The topological polar surface area (TPSA) is 114 Å². The number of nitrogen functional groups attached to an aromatic ring is 1. The van der Waals surface area contributed by atoms with Crippen molar-refractivity contribution in [1.82, 2.24) is 15.0 Å². The maximum atomic E-state index is 12.2. The van der Waals surface area contributed by atoms with Crippen molar-refractivity contribution in [2.75, 3.05) is 35.2 Å². The van der Waals surface area contributed by atoms with Crippen LogP contribution in [-0.2, 0) is 11.2 Å². The number of nitrogens with zero attached hydrogens (tertiary/aromatic N) is 5. The van der Waals surface area contributed by atoms with Crippen LogP contribution in [0, 0.1) is 5.41 Å². The van der Waals surface area contributed by atoms with Gasteiger partial charge in [0.1, 0.15) is 10.8 Å². The molecule has 2 fully saturated rings. The van der Waals surface area contributed by atoms with E-state index in [2.05, 4.69) is 44.1 Å². The Kier molecular flexibility index (Phi) is 6.02. The molecule has 2 aromatic heterocycles. The van der Waals surface area contributed by atoms with Gasteiger partial charge in [-0.3, -0.25) is 9.69 Å². The maximum Gasteiger partial charge on any atom is 0.228 e. The van der Waals surface area contributed by atoms with Crippen molar-refractivity contribution in [3.05, 3.63) is 58.9 Å². The molecular weight excluding hydrogens is 494 g/mol. The number of benzene rings is 1. The molecular formula is C26H28ClN7OS. The molecule has 2 saturated heterocycles. The zero-order valence-electron chi connectivity index (χ0n) is 19.9. The summed E-state index contributed by atoms with van der Waals surface area (Å²) in [6.45, 7) is 2.36. The van der Waals surface area contributed by atoms with Gasteiger partial charge >= 0.3 is 0 Å². The van der Waals surface area contributed by atoms with Crippen LogP contribution in [0.3, 0.4) is 0 Å². The maximum absolute atomic E-state index is 12.2. The Hall–Kier alpha value is -2.88. The monoisotopic (exact) mass is 521 g/mol. The predicted octanol–water partition coefficient (Wildman–Crippen LogP) is 4.23. The fraction of sp³-hybridized carbons (Fsp3) is 0.385. The highest BCUT2D eigenvalue weighted by Gasteiger charge is 2.45. The van der Waals surface area contributed by atoms with E-state index in [-0.39, 0.29) is 17.4 Å². The number of pyridine rings is 1. The van der Waals surface area contributed by atoms with Gasteiger partial charge in [0.05, 0.1) is 11.2 Å². The summed E-state index contributed by atoms with van der Waals surface area (Å²) < 4.78 is 0. The molecule has 3 aromatic rings. The molecule has 186 valence electrons. The van der Waals surface area contributed by atoms with Crippen LogP contribution in [-0.4, -0.2) is 40.5 Å². The van der Waals surface area contributed by atoms with E-state index < -0.39 is 0 Å². The second kappa shape index (κ2) is 9.21. The predicted molar refractivity (Wildman–Crippen MR) is 142 cm³/mol. The van der Waals surface area contributed by atoms with Crippen molar-refractivity contribution in [3.63, 3.8) is 0 Å². The van der Waals surface area contributed by atoms with Crippen molar-refractivity contribution in [3.8, 4) is 0 Å². The van der Waals surface area contributed by atoms with Gasteiger partial charge in [-0.1, -0.05) is 47.6 Å². The number of carbonyl (C=O) groups excluding carboxylic acids is 1. The average Bonchev–Trinajstić information content (AvgIpc) is 3.43. The number of hydrogen-bond acceptors (Lipinski definition) is 8. The normalized spacial score (nSPS) is 20.8. The minimum absolute atomic E-state index is 0.0426. The number of fused-ring (bicyclic) bond motifs is 1. The summed E-state index contributed by atoms with van der Waals surface area (Å²) in [4.78, 5) is 30.4. The van der Waals surface area contributed by atoms with Crippen LogP contribution >= 0.6 is 23.4 Å². The highest BCUT2D eigenvalue weighted by molar-refractivity contribution is 7.99. The van der Waals surface area contributed by atoms with E-state index in [9.17, 15) is 4.79 Å². The third-order valence-electron chi connectivity index (χ3n) is 7.80. The highest BCUT2D eigenvalue weighted by atomic mass is 35.5. The van der Waals surface area contributed by atoms with E-state index in [1.165, 1.54) is 22.9 Å². The van der Waals surface area contributed by atoms with Crippen LogP contribution < -0.4 is 21.3 Å². The van der Waals surface area contributed by atoms with Crippen LogP contribution in [0.5, 0.6) is 0 Å². The first-order valence-corrected chi connectivity index (χ1v) is 13.5. The molecule has 3 aliphatic rings. The van der Waals surface area contributed by atoms with Gasteiger partial charge in [-0.2, -0.15) is 0 Å². The molecule has 0 radical (unpaired) electrons. The standard InChI is InChI=1S/C26H28ClN7OS/c27-21-18(7-10-30-24(21)34-11-3-6-20(34)35)36-25-23(29)32-19(15-31-25)33-12-8-26(9-13-33)14-16-4-1-2-5-17(16)22(26)28/h1-2,4-5,7,10,15,22H,3,6,8-9,11-14,28H2,(H2,29,32)/t22-/m1/s1. The second-order valence-corrected chi connectivity index (χ2v) is 11.2. The Labute approximate surface area is 219 Å². The van der Waals surface area contributed by atoms with Crippen molar-refractivity contribution in [2.45, 2.75) is 48.1 Å². The number of amides is 1. The molecule has 8 nitrogen and oxygen atoms in total. The summed E-state index contributed by atoms with van der Waals surface area (Å²) >= 11 is 7.96. The number of halogens is 1. The lowest BCUT2D eigenvalue weighted by atomic mass is 9.73. The van der Waals surface area contributed by atoms with Crippen molar-refractivity contribution >= 4 is 46.7 Å². The van der Waals surface area contributed by atoms with E-state index in [1.807, 2.05) is 0 Å². The Bertz CT molecular complexity index is 1330. The smallest absolute Gasteiger partial charge is 0.228 e. The molecule has 1 aliphatic carbocycles. The van der Waals surface area contributed by atoms with Gasteiger partial charge in [-0.15, -0.1) is 0 Å². The lowest BCUT2D eigenvalue weighted by Gasteiger charge is -2.42. The van der Waals surface area contributed by atoms with Gasteiger partial charge in [0.25, 0.3) is 0 Å². The number of rotatable bonds is 4. The largest absolute Gasteiger partial charge is 0.381 e. The van der Waals surface area contributed by atoms with E-state index in [0.717, 1.165) is 49.5 Å². The van der Waals surface area contributed by atoms with Gasteiger partial charge in [-0.25, -0.2) is 15.0 Å². The fourth-order valence-electron chi connectivity index (χ4n) is 5.76. The Balaban J connectivity index is 1.16.